The average molecular weight is 427 g/mol. The van der Waals surface area contributed by atoms with Crippen LogP contribution >= 0.6 is 11.6 Å². The predicted molar refractivity (Wildman–Crippen MR) is 116 cm³/mol. The zero-order chi connectivity index (χ0) is 21.3. The second-order valence-electron chi connectivity index (χ2n) is 8.36. The van der Waals surface area contributed by atoms with Gasteiger partial charge in [0.1, 0.15) is 5.75 Å². The van der Waals surface area contributed by atoms with E-state index in [9.17, 15) is 9.59 Å². The molecule has 4 rings (SSSR count). The van der Waals surface area contributed by atoms with Gasteiger partial charge in [-0.3, -0.25) is 9.59 Å². The minimum absolute atomic E-state index is 0.0448. The van der Waals surface area contributed by atoms with Crippen molar-refractivity contribution in [3.63, 3.8) is 0 Å². The second-order valence-corrected chi connectivity index (χ2v) is 8.80. The van der Waals surface area contributed by atoms with Crippen LogP contribution < -0.4 is 15.8 Å². The Bertz CT molecular complexity index is 918. The summed E-state index contributed by atoms with van der Waals surface area (Å²) in [4.78, 5) is 23.9. The third-order valence-electron chi connectivity index (χ3n) is 6.43. The van der Waals surface area contributed by atoms with E-state index in [0.29, 0.717) is 28.3 Å². The number of hydrogen-bond acceptors (Lipinski definition) is 3. The van der Waals surface area contributed by atoms with Crippen LogP contribution in [0, 0.1) is 17.8 Å². The monoisotopic (exact) mass is 426 g/mol. The lowest BCUT2D eigenvalue weighted by Crippen LogP contribution is -2.37. The zero-order valence-corrected chi connectivity index (χ0v) is 17.8. The van der Waals surface area contributed by atoms with E-state index in [0.717, 1.165) is 30.6 Å². The first-order chi connectivity index (χ1) is 14.5. The summed E-state index contributed by atoms with van der Waals surface area (Å²) in [6.45, 7) is 2.12. The highest BCUT2D eigenvalue weighted by Gasteiger charge is 2.59. The summed E-state index contributed by atoms with van der Waals surface area (Å²) >= 11 is 5.91. The molecule has 158 valence electrons. The van der Waals surface area contributed by atoms with Crippen molar-refractivity contribution < 1.29 is 14.3 Å². The van der Waals surface area contributed by atoms with Gasteiger partial charge in [-0.15, -0.1) is 0 Å². The molecule has 3 atom stereocenters. The maximum Gasteiger partial charge on any atom is 0.251 e. The molecule has 2 amide bonds. The van der Waals surface area contributed by atoms with E-state index in [4.69, 9.17) is 22.1 Å². The Morgan fingerprint density at radius 2 is 1.80 bits per heavy atom. The van der Waals surface area contributed by atoms with Crippen LogP contribution in [0.4, 0.5) is 0 Å². The van der Waals surface area contributed by atoms with Crippen molar-refractivity contribution in [2.24, 2.45) is 23.5 Å². The Labute approximate surface area is 181 Å². The van der Waals surface area contributed by atoms with Gasteiger partial charge >= 0.3 is 0 Å². The minimum Gasteiger partial charge on any atom is -0.490 e. The molecule has 3 N–H and O–H groups in total. The number of nitrogens with two attached hydrogens (primary N) is 1. The quantitative estimate of drug-likeness (QED) is 0.669. The fourth-order valence-electron chi connectivity index (χ4n) is 4.99. The molecule has 2 aliphatic carbocycles. The number of hydrogen-bond donors (Lipinski definition) is 2. The third-order valence-corrected chi connectivity index (χ3v) is 6.68. The number of amides is 2. The molecule has 0 heterocycles. The molecule has 2 fully saturated rings. The van der Waals surface area contributed by atoms with Crippen molar-refractivity contribution in [3.8, 4) is 5.75 Å². The standard InChI is InChI=1S/C24H27ClN2O3/c1-2-20(27-24(29)14-7-9-16(25)10-8-14)23-18-12-17(13-19(18)23)30-21-6-4-3-5-15(21)11-22(26)28/h3-10,17-20,23H,2,11-13H2,1H3,(H2,26,28)(H,27,29). The Balaban J connectivity index is 1.33. The van der Waals surface area contributed by atoms with Crippen LogP contribution in [0.5, 0.6) is 5.75 Å². The Morgan fingerprint density at radius 3 is 2.43 bits per heavy atom. The number of para-hydroxylation sites is 1. The molecule has 30 heavy (non-hydrogen) atoms. The molecule has 3 unspecified atom stereocenters. The fourth-order valence-corrected chi connectivity index (χ4v) is 5.12. The predicted octanol–water partition coefficient (Wildman–Crippen LogP) is 3.98. The molecule has 0 spiro atoms. The van der Waals surface area contributed by atoms with Gasteiger partial charge in [0.25, 0.3) is 5.91 Å². The molecular weight excluding hydrogens is 400 g/mol. The smallest absolute Gasteiger partial charge is 0.251 e. The van der Waals surface area contributed by atoms with Crippen LogP contribution in [0.3, 0.4) is 0 Å². The third kappa shape index (κ3) is 4.46. The highest BCUT2D eigenvalue weighted by atomic mass is 35.5. The fraction of sp³-hybridized carbons (Fsp3) is 0.417. The number of ether oxygens (including phenoxy) is 1. The van der Waals surface area contributed by atoms with Gasteiger partial charge in [0.15, 0.2) is 0 Å². The van der Waals surface area contributed by atoms with Gasteiger partial charge in [0.05, 0.1) is 12.5 Å². The molecule has 2 aromatic rings. The van der Waals surface area contributed by atoms with Gasteiger partial charge in [-0.2, -0.15) is 0 Å². The number of rotatable bonds is 8. The van der Waals surface area contributed by atoms with Crippen molar-refractivity contribution in [2.45, 2.75) is 44.8 Å². The first kappa shape index (κ1) is 20.7. The number of carbonyl (C=O) groups is 2. The second kappa shape index (κ2) is 8.68. The molecule has 0 radical (unpaired) electrons. The summed E-state index contributed by atoms with van der Waals surface area (Å²) in [5.74, 6) is 2.01. The summed E-state index contributed by atoms with van der Waals surface area (Å²) < 4.78 is 6.22. The van der Waals surface area contributed by atoms with E-state index >= 15 is 0 Å². The van der Waals surface area contributed by atoms with E-state index < -0.39 is 0 Å². The van der Waals surface area contributed by atoms with Crippen LogP contribution in [0.25, 0.3) is 0 Å². The number of primary amides is 1. The van der Waals surface area contributed by atoms with Crippen LogP contribution in [0.2, 0.25) is 5.02 Å². The summed E-state index contributed by atoms with van der Waals surface area (Å²) in [6.07, 6.45) is 3.20. The Hall–Kier alpha value is -2.53. The maximum atomic E-state index is 12.6. The minimum atomic E-state index is -0.359. The number of benzene rings is 2. The normalized spacial score (nSPS) is 25.3. The molecule has 2 aliphatic rings. The summed E-state index contributed by atoms with van der Waals surface area (Å²) in [5.41, 5.74) is 6.82. The highest BCUT2D eigenvalue weighted by molar-refractivity contribution is 6.30. The number of carbonyl (C=O) groups excluding carboxylic acids is 2. The molecular formula is C24H27ClN2O3. The van der Waals surface area contributed by atoms with Crippen LogP contribution in [-0.2, 0) is 11.2 Å². The topological polar surface area (TPSA) is 81.4 Å². The van der Waals surface area contributed by atoms with Gasteiger partial charge in [0.2, 0.25) is 5.91 Å². The van der Waals surface area contributed by atoms with Crippen LogP contribution in [0.15, 0.2) is 48.5 Å². The average Bonchev–Trinajstić information content (AvgIpc) is 3.21. The largest absolute Gasteiger partial charge is 0.490 e. The van der Waals surface area contributed by atoms with Gasteiger partial charge in [-0.05, 0) is 67.3 Å². The van der Waals surface area contributed by atoms with Crippen LogP contribution in [-0.4, -0.2) is 24.0 Å². The Kier molecular flexibility index (Phi) is 6.00. The first-order valence-corrected chi connectivity index (χ1v) is 10.9. The van der Waals surface area contributed by atoms with E-state index in [1.54, 1.807) is 24.3 Å². The molecule has 2 aromatic carbocycles. The van der Waals surface area contributed by atoms with E-state index in [1.165, 1.54) is 0 Å². The molecule has 2 saturated carbocycles. The summed E-state index contributed by atoms with van der Waals surface area (Å²) in [6, 6.07) is 14.8. The van der Waals surface area contributed by atoms with Crippen molar-refractivity contribution in [1.82, 2.24) is 5.32 Å². The van der Waals surface area contributed by atoms with Crippen LogP contribution in [0.1, 0.15) is 42.1 Å². The molecule has 0 bridgehead atoms. The number of halogens is 1. The molecule has 0 saturated heterocycles. The molecule has 0 aromatic heterocycles. The summed E-state index contributed by atoms with van der Waals surface area (Å²) in [5, 5.41) is 3.84. The van der Waals surface area contributed by atoms with Gasteiger partial charge < -0.3 is 15.8 Å². The number of fused-ring (bicyclic) bond motifs is 1. The van der Waals surface area contributed by atoms with Gasteiger partial charge in [-0.25, -0.2) is 0 Å². The highest BCUT2D eigenvalue weighted by Crippen LogP contribution is 2.60. The van der Waals surface area contributed by atoms with E-state index in [-0.39, 0.29) is 30.4 Å². The molecule has 6 heteroatoms. The van der Waals surface area contributed by atoms with E-state index in [2.05, 4.69) is 12.2 Å². The van der Waals surface area contributed by atoms with Gasteiger partial charge in [0, 0.05) is 22.2 Å². The molecule has 0 aliphatic heterocycles. The number of nitrogens with one attached hydrogen (secondary N) is 1. The van der Waals surface area contributed by atoms with Crippen molar-refractivity contribution >= 4 is 23.4 Å². The maximum absolute atomic E-state index is 12.6. The lowest BCUT2D eigenvalue weighted by Gasteiger charge is -2.23. The SMILES string of the molecule is CCC(NC(=O)c1ccc(Cl)cc1)C1C2CC(Oc3ccccc3CC(N)=O)CC21. The van der Waals surface area contributed by atoms with Crippen molar-refractivity contribution in [2.75, 3.05) is 0 Å². The Morgan fingerprint density at radius 1 is 1.13 bits per heavy atom. The zero-order valence-electron chi connectivity index (χ0n) is 17.0. The van der Waals surface area contributed by atoms with E-state index in [1.807, 2.05) is 24.3 Å². The van der Waals surface area contributed by atoms with Crippen molar-refractivity contribution in [3.05, 3.63) is 64.7 Å². The van der Waals surface area contributed by atoms with Gasteiger partial charge in [-0.1, -0.05) is 36.7 Å². The lowest BCUT2D eigenvalue weighted by molar-refractivity contribution is -0.117. The molecule has 5 nitrogen and oxygen atoms in total. The van der Waals surface area contributed by atoms with Crippen molar-refractivity contribution in [1.29, 1.82) is 0 Å². The lowest BCUT2D eigenvalue weighted by atomic mass is 10.00. The first-order valence-electron chi connectivity index (χ1n) is 10.6. The summed E-state index contributed by atoms with van der Waals surface area (Å²) in [7, 11) is 0.